The second-order valence-corrected chi connectivity index (χ2v) is 11.0. The molecule has 1 heterocycles. The highest BCUT2D eigenvalue weighted by molar-refractivity contribution is 6.74. The van der Waals surface area contributed by atoms with Gasteiger partial charge in [0.25, 0.3) is 0 Å². The Bertz CT molecular complexity index is 235. The quantitative estimate of drug-likeness (QED) is 0.761. The Balaban J connectivity index is 2.55. The molecule has 0 aromatic heterocycles. The van der Waals surface area contributed by atoms with Crippen LogP contribution in [-0.2, 0) is 9.16 Å². The maximum absolute atomic E-state index is 9.58. The highest BCUT2D eigenvalue weighted by atomic mass is 28.4. The summed E-state index contributed by atoms with van der Waals surface area (Å²) >= 11 is 0. The molecule has 0 aliphatic carbocycles. The molecular formula is C12H26O3Si. The SMILES string of the molecule is C[C@@H]1O[C@H](O[Si](C)(C)C(C)(C)C)CC[C@H]1O. The summed E-state index contributed by atoms with van der Waals surface area (Å²) in [5.41, 5.74) is 0. The zero-order valence-corrected chi connectivity index (χ0v) is 12.4. The molecule has 0 amide bonds. The van der Waals surface area contributed by atoms with Crippen LogP contribution < -0.4 is 0 Å². The summed E-state index contributed by atoms with van der Waals surface area (Å²) in [5, 5.41) is 9.79. The maximum atomic E-state index is 9.58. The van der Waals surface area contributed by atoms with E-state index >= 15 is 0 Å². The zero-order valence-electron chi connectivity index (χ0n) is 11.4. The summed E-state index contributed by atoms with van der Waals surface area (Å²) in [4.78, 5) is 0. The van der Waals surface area contributed by atoms with E-state index in [-0.39, 0.29) is 23.5 Å². The minimum absolute atomic E-state index is 0.108. The lowest BCUT2D eigenvalue weighted by Gasteiger charge is -2.41. The minimum atomic E-state index is -1.75. The van der Waals surface area contributed by atoms with E-state index < -0.39 is 8.32 Å². The van der Waals surface area contributed by atoms with Gasteiger partial charge in [-0.15, -0.1) is 0 Å². The number of hydrogen-bond acceptors (Lipinski definition) is 3. The Morgan fingerprint density at radius 1 is 1.25 bits per heavy atom. The first-order valence-electron chi connectivity index (χ1n) is 6.15. The van der Waals surface area contributed by atoms with Crippen LogP contribution in [0.2, 0.25) is 18.1 Å². The van der Waals surface area contributed by atoms with Crippen molar-refractivity contribution >= 4 is 8.32 Å². The van der Waals surface area contributed by atoms with Crippen LogP contribution in [0.15, 0.2) is 0 Å². The predicted molar refractivity (Wildman–Crippen MR) is 67.9 cm³/mol. The van der Waals surface area contributed by atoms with Gasteiger partial charge in [-0.05, 0) is 37.9 Å². The molecule has 0 unspecified atom stereocenters. The molecule has 0 aromatic rings. The first-order chi connectivity index (χ1) is 7.13. The van der Waals surface area contributed by atoms with Crippen LogP contribution in [0.3, 0.4) is 0 Å². The summed E-state index contributed by atoms with van der Waals surface area (Å²) < 4.78 is 11.9. The molecule has 1 aliphatic heterocycles. The molecule has 0 spiro atoms. The Kier molecular flexibility index (Phi) is 4.22. The molecule has 96 valence electrons. The molecule has 1 saturated heterocycles. The Morgan fingerprint density at radius 2 is 1.81 bits per heavy atom. The molecule has 1 aliphatic rings. The predicted octanol–water partition coefficient (Wildman–Crippen LogP) is 2.89. The van der Waals surface area contributed by atoms with E-state index in [0.717, 1.165) is 12.8 Å². The van der Waals surface area contributed by atoms with Gasteiger partial charge in [0.05, 0.1) is 12.2 Å². The number of rotatable bonds is 2. The average Bonchev–Trinajstić information content (AvgIpc) is 2.09. The lowest BCUT2D eigenvalue weighted by Crippen LogP contribution is -2.48. The third-order valence-electron chi connectivity index (χ3n) is 3.84. The minimum Gasteiger partial charge on any atom is -0.392 e. The molecule has 1 N–H and O–H groups in total. The molecule has 1 rings (SSSR count). The monoisotopic (exact) mass is 246 g/mol. The van der Waals surface area contributed by atoms with Gasteiger partial charge in [-0.25, -0.2) is 0 Å². The zero-order chi connectivity index (χ0) is 12.6. The second-order valence-electron chi connectivity index (χ2n) is 6.29. The molecule has 4 heteroatoms. The fourth-order valence-corrected chi connectivity index (χ4v) is 2.72. The van der Waals surface area contributed by atoms with Gasteiger partial charge in [0.15, 0.2) is 8.32 Å². The fourth-order valence-electron chi connectivity index (χ4n) is 1.53. The standard InChI is InChI=1S/C12H26O3Si/c1-9-10(13)7-8-11(14-9)15-16(5,6)12(2,3)4/h9-11,13H,7-8H2,1-6H3/t9-,10+,11+/m0/s1. The van der Waals surface area contributed by atoms with Crippen LogP contribution >= 0.6 is 0 Å². The van der Waals surface area contributed by atoms with Crippen molar-refractivity contribution in [3.63, 3.8) is 0 Å². The van der Waals surface area contributed by atoms with E-state index in [1.54, 1.807) is 0 Å². The van der Waals surface area contributed by atoms with Gasteiger partial charge in [0, 0.05) is 0 Å². The maximum Gasteiger partial charge on any atom is 0.195 e. The van der Waals surface area contributed by atoms with Crippen molar-refractivity contribution in [2.24, 2.45) is 0 Å². The topological polar surface area (TPSA) is 38.7 Å². The second kappa shape index (κ2) is 4.76. The lowest BCUT2D eigenvalue weighted by molar-refractivity contribution is -0.185. The molecule has 0 bridgehead atoms. The van der Waals surface area contributed by atoms with Crippen LogP contribution in [0, 0.1) is 0 Å². The van der Waals surface area contributed by atoms with E-state index in [0.29, 0.717) is 0 Å². The van der Waals surface area contributed by atoms with E-state index in [1.165, 1.54) is 0 Å². The van der Waals surface area contributed by atoms with Crippen molar-refractivity contribution in [1.29, 1.82) is 0 Å². The number of aliphatic hydroxyl groups is 1. The summed E-state index contributed by atoms with van der Waals surface area (Å²) in [7, 11) is -1.75. The van der Waals surface area contributed by atoms with Crippen LogP contribution in [0.4, 0.5) is 0 Å². The molecule has 0 radical (unpaired) electrons. The van der Waals surface area contributed by atoms with E-state index in [1.807, 2.05) is 6.92 Å². The van der Waals surface area contributed by atoms with Crippen molar-refractivity contribution in [2.45, 2.75) is 77.2 Å². The first-order valence-corrected chi connectivity index (χ1v) is 9.05. The van der Waals surface area contributed by atoms with Crippen molar-refractivity contribution in [2.75, 3.05) is 0 Å². The highest BCUT2D eigenvalue weighted by Gasteiger charge is 2.41. The van der Waals surface area contributed by atoms with Crippen LogP contribution in [0.25, 0.3) is 0 Å². The van der Waals surface area contributed by atoms with Crippen LogP contribution in [0.5, 0.6) is 0 Å². The number of ether oxygens (including phenoxy) is 1. The fraction of sp³-hybridized carbons (Fsp3) is 1.00. The van der Waals surface area contributed by atoms with Gasteiger partial charge in [-0.3, -0.25) is 0 Å². The summed E-state index contributed by atoms with van der Waals surface area (Å²) in [5.74, 6) is 0. The van der Waals surface area contributed by atoms with Crippen LogP contribution in [0.1, 0.15) is 40.5 Å². The van der Waals surface area contributed by atoms with Crippen molar-refractivity contribution in [3.8, 4) is 0 Å². The van der Waals surface area contributed by atoms with E-state index in [2.05, 4.69) is 33.9 Å². The van der Waals surface area contributed by atoms with Crippen molar-refractivity contribution < 1.29 is 14.3 Å². The van der Waals surface area contributed by atoms with Gasteiger partial charge < -0.3 is 14.3 Å². The molecule has 0 aromatic carbocycles. The van der Waals surface area contributed by atoms with Gasteiger partial charge in [0.2, 0.25) is 0 Å². The normalized spacial score (nSPS) is 32.8. The summed E-state index contributed by atoms with van der Waals surface area (Å²) in [6.45, 7) is 13.0. The van der Waals surface area contributed by atoms with Crippen LogP contribution in [-0.4, -0.2) is 31.9 Å². The molecular weight excluding hydrogens is 220 g/mol. The number of aliphatic hydroxyl groups excluding tert-OH is 1. The molecule has 3 atom stereocenters. The summed E-state index contributed by atoms with van der Waals surface area (Å²) in [6.07, 6.45) is 1.01. The van der Waals surface area contributed by atoms with Crippen molar-refractivity contribution in [3.05, 3.63) is 0 Å². The molecule has 16 heavy (non-hydrogen) atoms. The Labute approximate surface area is 100 Å². The van der Waals surface area contributed by atoms with Crippen molar-refractivity contribution in [1.82, 2.24) is 0 Å². The smallest absolute Gasteiger partial charge is 0.195 e. The third kappa shape index (κ3) is 3.29. The molecule has 1 fully saturated rings. The van der Waals surface area contributed by atoms with Gasteiger partial charge in [0.1, 0.15) is 6.29 Å². The van der Waals surface area contributed by atoms with Gasteiger partial charge in [-0.2, -0.15) is 0 Å². The van der Waals surface area contributed by atoms with E-state index in [4.69, 9.17) is 9.16 Å². The summed E-state index contributed by atoms with van der Waals surface area (Å²) in [6, 6.07) is 0. The number of hydrogen-bond donors (Lipinski definition) is 1. The first kappa shape index (κ1) is 14.2. The average molecular weight is 246 g/mol. The molecule has 3 nitrogen and oxygen atoms in total. The lowest BCUT2D eigenvalue weighted by atomic mass is 10.1. The largest absolute Gasteiger partial charge is 0.392 e. The molecule has 0 saturated carbocycles. The van der Waals surface area contributed by atoms with Gasteiger partial charge >= 0.3 is 0 Å². The van der Waals surface area contributed by atoms with E-state index in [9.17, 15) is 5.11 Å². The Hall–Kier alpha value is 0.0969. The Morgan fingerprint density at radius 3 is 2.25 bits per heavy atom. The third-order valence-corrected chi connectivity index (χ3v) is 8.30. The highest BCUT2D eigenvalue weighted by Crippen LogP contribution is 2.38. The van der Waals surface area contributed by atoms with Gasteiger partial charge in [-0.1, -0.05) is 20.8 Å².